The van der Waals surface area contributed by atoms with Gasteiger partial charge in [-0.15, -0.1) is 11.8 Å². The van der Waals surface area contributed by atoms with Crippen molar-refractivity contribution in [2.75, 3.05) is 6.26 Å². The first-order chi connectivity index (χ1) is 12.3. The molecule has 0 bridgehead atoms. The SMILES string of the molecule is CSc1ccc2c(c1)C(=C(C)C)C(c1ccccc1)=NC(C(C)(C)C)=N2. The van der Waals surface area contributed by atoms with Crippen LogP contribution in [0.4, 0.5) is 5.69 Å². The van der Waals surface area contributed by atoms with Crippen molar-refractivity contribution in [3.05, 3.63) is 65.2 Å². The molecule has 2 aromatic carbocycles. The van der Waals surface area contributed by atoms with E-state index in [1.165, 1.54) is 21.6 Å². The minimum atomic E-state index is -0.132. The van der Waals surface area contributed by atoms with Gasteiger partial charge < -0.3 is 0 Å². The Balaban J connectivity index is 2.37. The standard InChI is InChI=1S/C23H26N2S/c1-15(2)20-18-14-17(26-6)12-13-19(18)24-22(23(3,4)5)25-21(20)16-10-8-7-9-11-16/h7-14H,1-6H3. The molecule has 0 aliphatic carbocycles. The number of rotatable bonds is 2. The van der Waals surface area contributed by atoms with Crippen molar-refractivity contribution in [3.8, 4) is 0 Å². The summed E-state index contributed by atoms with van der Waals surface area (Å²) in [6.45, 7) is 10.8. The van der Waals surface area contributed by atoms with E-state index in [4.69, 9.17) is 9.98 Å². The van der Waals surface area contributed by atoms with Crippen LogP contribution < -0.4 is 0 Å². The summed E-state index contributed by atoms with van der Waals surface area (Å²) in [5.41, 5.74) is 6.60. The molecule has 0 saturated carbocycles. The van der Waals surface area contributed by atoms with E-state index in [0.717, 1.165) is 22.8 Å². The fourth-order valence-corrected chi connectivity index (χ4v) is 3.45. The average molecular weight is 363 g/mol. The summed E-state index contributed by atoms with van der Waals surface area (Å²) in [5, 5.41) is 0. The fraction of sp³-hybridized carbons (Fsp3) is 0.304. The van der Waals surface area contributed by atoms with Gasteiger partial charge in [0.1, 0.15) is 5.84 Å². The molecular weight excluding hydrogens is 336 g/mol. The van der Waals surface area contributed by atoms with E-state index >= 15 is 0 Å². The van der Waals surface area contributed by atoms with Crippen LogP contribution in [-0.2, 0) is 0 Å². The molecule has 3 rings (SSSR count). The molecule has 2 aromatic rings. The molecule has 0 fully saturated rings. The number of hydrogen-bond acceptors (Lipinski definition) is 3. The number of benzene rings is 2. The second-order valence-electron chi connectivity index (χ2n) is 7.77. The minimum Gasteiger partial charge on any atom is -0.232 e. The minimum absolute atomic E-state index is 0.132. The summed E-state index contributed by atoms with van der Waals surface area (Å²) in [7, 11) is 0. The summed E-state index contributed by atoms with van der Waals surface area (Å²) in [6, 6.07) is 17.0. The zero-order chi connectivity index (χ0) is 18.9. The number of allylic oxidation sites excluding steroid dienone is 2. The average Bonchev–Trinajstić information content (AvgIpc) is 2.78. The molecule has 1 aliphatic rings. The molecule has 1 aliphatic heterocycles. The molecule has 134 valence electrons. The summed E-state index contributed by atoms with van der Waals surface area (Å²) < 4.78 is 0. The van der Waals surface area contributed by atoms with Gasteiger partial charge in [0.05, 0.1) is 11.4 Å². The fourth-order valence-electron chi connectivity index (χ4n) is 3.01. The van der Waals surface area contributed by atoms with Crippen LogP contribution >= 0.6 is 11.8 Å². The molecule has 3 heteroatoms. The molecule has 2 nitrogen and oxygen atoms in total. The maximum absolute atomic E-state index is 5.09. The van der Waals surface area contributed by atoms with E-state index in [1.807, 2.05) is 6.07 Å². The number of nitrogens with zero attached hydrogens (tertiary/aromatic N) is 2. The van der Waals surface area contributed by atoms with E-state index in [2.05, 4.69) is 83.3 Å². The molecule has 1 heterocycles. The lowest BCUT2D eigenvalue weighted by molar-refractivity contribution is 0.586. The highest BCUT2D eigenvalue weighted by Crippen LogP contribution is 2.38. The Labute approximate surface area is 161 Å². The van der Waals surface area contributed by atoms with Gasteiger partial charge in [0, 0.05) is 27.0 Å². The number of amidine groups is 1. The van der Waals surface area contributed by atoms with Gasteiger partial charge in [0.15, 0.2) is 0 Å². The van der Waals surface area contributed by atoms with Crippen molar-refractivity contribution >= 4 is 34.6 Å². The Morgan fingerprint density at radius 2 is 1.62 bits per heavy atom. The van der Waals surface area contributed by atoms with Crippen molar-refractivity contribution in [2.24, 2.45) is 15.4 Å². The third kappa shape index (κ3) is 3.68. The largest absolute Gasteiger partial charge is 0.232 e. The van der Waals surface area contributed by atoms with Crippen LogP contribution in [0.1, 0.15) is 45.7 Å². The second-order valence-corrected chi connectivity index (χ2v) is 8.65. The Bertz CT molecular complexity index is 909. The Morgan fingerprint density at radius 3 is 2.19 bits per heavy atom. The zero-order valence-corrected chi connectivity index (χ0v) is 17.2. The first kappa shape index (κ1) is 18.7. The molecular formula is C23H26N2S. The number of thioether (sulfide) groups is 1. The summed E-state index contributed by atoms with van der Waals surface area (Å²) in [5.74, 6) is 0.866. The third-order valence-corrected chi connectivity index (χ3v) is 5.10. The summed E-state index contributed by atoms with van der Waals surface area (Å²) in [4.78, 5) is 11.3. The lowest BCUT2D eigenvalue weighted by Crippen LogP contribution is -2.20. The van der Waals surface area contributed by atoms with Crippen LogP contribution in [-0.4, -0.2) is 17.8 Å². The first-order valence-electron chi connectivity index (χ1n) is 8.91. The molecule has 0 unspecified atom stereocenters. The predicted molar refractivity (Wildman–Crippen MR) is 116 cm³/mol. The van der Waals surface area contributed by atoms with E-state index in [1.54, 1.807) is 11.8 Å². The maximum atomic E-state index is 5.09. The quantitative estimate of drug-likeness (QED) is 0.540. The summed E-state index contributed by atoms with van der Waals surface area (Å²) in [6.07, 6.45) is 2.11. The molecule has 0 amide bonds. The topological polar surface area (TPSA) is 24.7 Å². The number of hydrogen-bond donors (Lipinski definition) is 0. The smallest absolute Gasteiger partial charge is 0.135 e. The highest BCUT2D eigenvalue weighted by Gasteiger charge is 2.26. The van der Waals surface area contributed by atoms with Crippen molar-refractivity contribution in [1.29, 1.82) is 0 Å². The maximum Gasteiger partial charge on any atom is 0.135 e. The summed E-state index contributed by atoms with van der Waals surface area (Å²) >= 11 is 1.75. The lowest BCUT2D eigenvalue weighted by atomic mass is 9.91. The van der Waals surface area contributed by atoms with Gasteiger partial charge in [0.2, 0.25) is 0 Å². The van der Waals surface area contributed by atoms with Crippen LogP contribution in [0.15, 0.2) is 69.0 Å². The van der Waals surface area contributed by atoms with Crippen molar-refractivity contribution in [3.63, 3.8) is 0 Å². The Morgan fingerprint density at radius 1 is 0.923 bits per heavy atom. The van der Waals surface area contributed by atoms with E-state index in [9.17, 15) is 0 Å². The van der Waals surface area contributed by atoms with Crippen LogP contribution in [0.2, 0.25) is 0 Å². The van der Waals surface area contributed by atoms with Crippen LogP contribution in [0.3, 0.4) is 0 Å². The van der Waals surface area contributed by atoms with Gasteiger partial charge in [-0.25, -0.2) is 9.98 Å². The second kappa shape index (κ2) is 7.24. The third-order valence-electron chi connectivity index (χ3n) is 4.37. The van der Waals surface area contributed by atoms with Gasteiger partial charge >= 0.3 is 0 Å². The molecule has 26 heavy (non-hydrogen) atoms. The number of fused-ring (bicyclic) bond motifs is 1. The van der Waals surface area contributed by atoms with Crippen molar-refractivity contribution < 1.29 is 0 Å². The van der Waals surface area contributed by atoms with Crippen LogP contribution in [0.25, 0.3) is 5.57 Å². The van der Waals surface area contributed by atoms with Gasteiger partial charge in [-0.05, 0) is 38.3 Å². The first-order valence-corrected chi connectivity index (χ1v) is 10.1. The van der Waals surface area contributed by atoms with Crippen LogP contribution in [0, 0.1) is 5.41 Å². The monoisotopic (exact) mass is 362 g/mol. The van der Waals surface area contributed by atoms with Crippen molar-refractivity contribution in [2.45, 2.75) is 39.5 Å². The Kier molecular flexibility index (Phi) is 5.19. The molecule has 0 atom stereocenters. The zero-order valence-electron chi connectivity index (χ0n) is 16.4. The molecule has 0 N–H and O–H groups in total. The van der Waals surface area contributed by atoms with Gasteiger partial charge in [-0.1, -0.05) is 56.7 Å². The molecule has 0 radical (unpaired) electrons. The number of aliphatic imine (C=N–C) groups is 2. The predicted octanol–water partition coefficient (Wildman–Crippen LogP) is 6.78. The van der Waals surface area contributed by atoms with E-state index in [-0.39, 0.29) is 5.41 Å². The Hall–Kier alpha value is -2.13. The van der Waals surface area contributed by atoms with E-state index < -0.39 is 0 Å². The van der Waals surface area contributed by atoms with Crippen LogP contribution in [0.5, 0.6) is 0 Å². The van der Waals surface area contributed by atoms with Gasteiger partial charge in [-0.3, -0.25) is 0 Å². The molecule has 0 saturated heterocycles. The normalized spacial score (nSPS) is 14.3. The van der Waals surface area contributed by atoms with Crippen molar-refractivity contribution in [1.82, 2.24) is 0 Å². The molecule has 0 spiro atoms. The van der Waals surface area contributed by atoms with E-state index in [0.29, 0.717) is 0 Å². The highest BCUT2D eigenvalue weighted by atomic mass is 32.2. The molecule has 0 aromatic heterocycles. The van der Waals surface area contributed by atoms with Gasteiger partial charge in [0.25, 0.3) is 0 Å². The van der Waals surface area contributed by atoms with Gasteiger partial charge in [-0.2, -0.15) is 0 Å². The lowest BCUT2D eigenvalue weighted by Gasteiger charge is -2.18. The highest BCUT2D eigenvalue weighted by molar-refractivity contribution is 7.98.